The molecular formula is C41H50ClN5O8S. The zero-order chi connectivity index (χ0) is 40.0. The van der Waals surface area contributed by atoms with Gasteiger partial charge in [-0.1, -0.05) is 60.9 Å². The van der Waals surface area contributed by atoms with Crippen LogP contribution in [0, 0.1) is 17.8 Å². The number of alkyl carbamates (subject to hydrolysis) is 1. The predicted molar refractivity (Wildman–Crippen MR) is 210 cm³/mol. The molecule has 2 aromatic rings. The largest absolute Gasteiger partial charge is 0.444 e. The van der Waals surface area contributed by atoms with Gasteiger partial charge in [0.25, 0.3) is 11.8 Å². The SMILES string of the molecule is CC(C)(C)OC(=O)N[C@@H]1CCCCC/C=C\[C@@H]2C[C@@]2(C(=O)NS(=O)(=O)C2CC2)NC(=O)[C@@H]2[C@H]3CN(C(=O)c4cccc(-c5cccc(Cl)c5)c4)C[C@H]3CN2C1=O. The molecule has 15 heteroatoms. The molecule has 5 amide bonds. The van der Waals surface area contributed by atoms with Gasteiger partial charge in [-0.25, -0.2) is 13.2 Å². The van der Waals surface area contributed by atoms with E-state index in [0.29, 0.717) is 42.7 Å². The lowest BCUT2D eigenvalue weighted by atomic mass is 9.93. The third-order valence-corrected chi connectivity index (χ3v) is 13.5. The van der Waals surface area contributed by atoms with Gasteiger partial charge in [0.05, 0.1) is 5.25 Å². The van der Waals surface area contributed by atoms with E-state index in [0.717, 1.165) is 24.0 Å². The quantitative estimate of drug-likeness (QED) is 0.350. The Morgan fingerprint density at radius 2 is 1.68 bits per heavy atom. The maximum Gasteiger partial charge on any atom is 0.408 e. The monoisotopic (exact) mass is 807 g/mol. The van der Waals surface area contributed by atoms with Crippen molar-refractivity contribution in [1.82, 2.24) is 25.2 Å². The van der Waals surface area contributed by atoms with Crippen molar-refractivity contribution in [3.05, 3.63) is 71.3 Å². The van der Waals surface area contributed by atoms with E-state index in [9.17, 15) is 32.4 Å². The first-order valence-corrected chi connectivity index (χ1v) is 21.5. The Morgan fingerprint density at radius 1 is 0.946 bits per heavy atom. The van der Waals surface area contributed by atoms with Gasteiger partial charge >= 0.3 is 6.09 Å². The molecule has 56 heavy (non-hydrogen) atoms. The minimum atomic E-state index is -3.91. The minimum Gasteiger partial charge on any atom is -0.444 e. The number of rotatable bonds is 6. The zero-order valence-corrected chi connectivity index (χ0v) is 33.5. The highest BCUT2D eigenvalue weighted by Gasteiger charge is 2.63. The molecule has 3 N–H and O–H groups in total. The highest BCUT2D eigenvalue weighted by atomic mass is 35.5. The summed E-state index contributed by atoms with van der Waals surface area (Å²) in [4.78, 5) is 73.3. The van der Waals surface area contributed by atoms with Crippen LogP contribution in [0.3, 0.4) is 0 Å². The molecule has 300 valence electrons. The topological polar surface area (TPSA) is 171 Å². The number of likely N-dealkylation sites (tertiary alicyclic amines) is 1. The van der Waals surface area contributed by atoms with Crippen molar-refractivity contribution in [3.8, 4) is 11.1 Å². The van der Waals surface area contributed by atoms with Gasteiger partial charge in [-0.2, -0.15) is 0 Å². The van der Waals surface area contributed by atoms with Crippen LogP contribution in [0.15, 0.2) is 60.7 Å². The number of benzene rings is 2. The molecule has 7 rings (SSSR count). The maximum absolute atomic E-state index is 14.7. The molecule has 6 atom stereocenters. The summed E-state index contributed by atoms with van der Waals surface area (Å²) < 4.78 is 33.6. The van der Waals surface area contributed by atoms with E-state index in [1.165, 1.54) is 4.90 Å². The molecule has 4 fully saturated rings. The van der Waals surface area contributed by atoms with E-state index in [1.807, 2.05) is 36.4 Å². The molecular weight excluding hydrogens is 758 g/mol. The van der Waals surface area contributed by atoms with Crippen molar-refractivity contribution >= 4 is 51.3 Å². The summed E-state index contributed by atoms with van der Waals surface area (Å²) in [7, 11) is -3.91. The average molecular weight is 808 g/mol. The summed E-state index contributed by atoms with van der Waals surface area (Å²) in [6, 6.07) is 12.5. The highest BCUT2D eigenvalue weighted by Crippen LogP contribution is 2.47. The molecule has 5 aliphatic rings. The van der Waals surface area contributed by atoms with Crippen molar-refractivity contribution in [3.63, 3.8) is 0 Å². The van der Waals surface area contributed by atoms with Gasteiger partial charge < -0.3 is 25.2 Å². The average Bonchev–Trinajstić information content (AvgIpc) is 4.03. The Bertz CT molecular complexity index is 2050. The molecule has 0 spiro atoms. The van der Waals surface area contributed by atoms with Gasteiger partial charge in [0.1, 0.15) is 23.2 Å². The number of hydrogen-bond donors (Lipinski definition) is 3. The molecule has 13 nitrogen and oxygen atoms in total. The lowest BCUT2D eigenvalue weighted by Gasteiger charge is -2.33. The number of carbonyl (C=O) groups excluding carboxylic acids is 5. The van der Waals surface area contributed by atoms with Crippen LogP contribution in [-0.2, 0) is 29.1 Å². The fourth-order valence-electron chi connectivity index (χ4n) is 8.37. The van der Waals surface area contributed by atoms with Crippen LogP contribution in [0.4, 0.5) is 4.79 Å². The molecule has 3 heterocycles. The molecule has 2 saturated heterocycles. The molecule has 3 aliphatic heterocycles. The Kier molecular flexibility index (Phi) is 11.0. The molecule has 2 saturated carbocycles. The van der Waals surface area contributed by atoms with Gasteiger partial charge in [-0.15, -0.1) is 0 Å². The van der Waals surface area contributed by atoms with Gasteiger partial charge in [-0.3, -0.25) is 23.9 Å². The Morgan fingerprint density at radius 3 is 2.39 bits per heavy atom. The van der Waals surface area contributed by atoms with Crippen molar-refractivity contribution < 1.29 is 37.1 Å². The number of nitrogens with zero attached hydrogens (tertiary/aromatic N) is 2. The Balaban J connectivity index is 1.18. The number of amides is 5. The van der Waals surface area contributed by atoms with Gasteiger partial charge in [0.15, 0.2) is 0 Å². The molecule has 0 radical (unpaired) electrons. The van der Waals surface area contributed by atoms with Crippen LogP contribution < -0.4 is 15.4 Å². The summed E-state index contributed by atoms with van der Waals surface area (Å²) in [5.74, 6) is -3.31. The Labute approximate surface area is 333 Å². The smallest absolute Gasteiger partial charge is 0.408 e. The molecule has 0 unspecified atom stereocenters. The Hall–Kier alpha value is -4.43. The zero-order valence-electron chi connectivity index (χ0n) is 32.0. The van der Waals surface area contributed by atoms with Crippen LogP contribution in [0.25, 0.3) is 11.1 Å². The summed E-state index contributed by atoms with van der Waals surface area (Å²) >= 11 is 6.24. The van der Waals surface area contributed by atoms with Crippen LogP contribution in [0.2, 0.25) is 5.02 Å². The third-order valence-electron chi connectivity index (χ3n) is 11.5. The molecule has 2 aromatic carbocycles. The second kappa shape index (κ2) is 15.5. The van der Waals surface area contributed by atoms with E-state index in [4.69, 9.17) is 16.3 Å². The van der Waals surface area contributed by atoms with Crippen LogP contribution in [0.5, 0.6) is 0 Å². The lowest BCUT2D eigenvalue weighted by molar-refractivity contribution is -0.142. The molecule has 0 aromatic heterocycles. The van der Waals surface area contributed by atoms with E-state index in [-0.39, 0.29) is 37.9 Å². The van der Waals surface area contributed by atoms with Crippen molar-refractivity contribution in [1.29, 1.82) is 0 Å². The standard InChI is InChI=1S/C41H50ClN5O8S/c1-40(2,3)55-39(52)43-33-16-8-6-4-5-7-14-29-21-41(29,38(51)45-56(53,54)31-17-18-31)44-35(48)34-32-24-46(22-28(32)23-47(34)37(33)50)36(49)27-13-9-11-25(19-27)26-12-10-15-30(42)20-26/h7,9-15,19-20,28-29,31-34H,4-6,8,16-18,21-24H2,1-3H3,(H,43,52)(H,44,48)(H,45,51)/b14-7-/t28-,29+,32-,33+,34-,41+/m0/s1. The van der Waals surface area contributed by atoms with E-state index in [1.54, 1.807) is 49.9 Å². The normalized spacial score (nSPS) is 28.8. The second-order valence-corrected chi connectivity index (χ2v) is 19.3. The first-order valence-electron chi connectivity index (χ1n) is 19.5. The number of fused-ring (bicyclic) bond motifs is 4. The van der Waals surface area contributed by atoms with E-state index >= 15 is 0 Å². The number of carbonyl (C=O) groups is 5. The minimum absolute atomic E-state index is 0.138. The van der Waals surface area contributed by atoms with Crippen LogP contribution >= 0.6 is 11.6 Å². The highest BCUT2D eigenvalue weighted by molar-refractivity contribution is 7.91. The fourth-order valence-corrected chi connectivity index (χ4v) is 9.92. The molecule has 2 aliphatic carbocycles. The number of ether oxygens (including phenoxy) is 1. The van der Waals surface area contributed by atoms with Crippen LogP contribution in [-0.4, -0.2) is 96.0 Å². The number of allylic oxidation sites excluding steroid dienone is 1. The summed E-state index contributed by atoms with van der Waals surface area (Å²) in [6.45, 7) is 5.77. The molecule has 0 bridgehead atoms. The number of halogens is 1. The number of sulfonamides is 1. The third kappa shape index (κ3) is 8.61. The van der Waals surface area contributed by atoms with Crippen molar-refractivity contribution in [2.24, 2.45) is 17.8 Å². The first kappa shape index (κ1) is 39.8. The lowest BCUT2D eigenvalue weighted by Crippen LogP contribution is -2.60. The van der Waals surface area contributed by atoms with Crippen molar-refractivity contribution in [2.45, 2.75) is 101 Å². The maximum atomic E-state index is 14.7. The predicted octanol–water partition coefficient (Wildman–Crippen LogP) is 4.80. The van der Waals surface area contributed by atoms with Crippen LogP contribution in [0.1, 0.15) is 82.5 Å². The first-order chi connectivity index (χ1) is 26.5. The summed E-state index contributed by atoms with van der Waals surface area (Å²) in [6.07, 6.45) is 7.39. The van der Waals surface area contributed by atoms with E-state index < -0.39 is 74.1 Å². The number of hydrogen-bond acceptors (Lipinski definition) is 8. The van der Waals surface area contributed by atoms with E-state index in [2.05, 4.69) is 15.4 Å². The van der Waals surface area contributed by atoms with Gasteiger partial charge in [0, 0.05) is 48.0 Å². The fraction of sp³-hybridized carbons (Fsp3) is 0.537. The number of nitrogens with one attached hydrogen (secondary N) is 3. The van der Waals surface area contributed by atoms with Gasteiger partial charge in [-0.05, 0) is 94.7 Å². The second-order valence-electron chi connectivity index (χ2n) is 16.9. The van der Waals surface area contributed by atoms with Gasteiger partial charge in [0.2, 0.25) is 21.8 Å². The summed E-state index contributed by atoms with van der Waals surface area (Å²) in [5.41, 5.74) is -0.190. The summed E-state index contributed by atoms with van der Waals surface area (Å²) in [5, 5.41) is 5.63. The van der Waals surface area contributed by atoms with Crippen molar-refractivity contribution in [2.75, 3.05) is 19.6 Å².